The maximum absolute atomic E-state index is 13.8. The summed E-state index contributed by atoms with van der Waals surface area (Å²) >= 11 is 0. The Morgan fingerprint density at radius 1 is 1.18 bits per heavy atom. The van der Waals surface area contributed by atoms with Gasteiger partial charge in [0.15, 0.2) is 11.6 Å². The van der Waals surface area contributed by atoms with Crippen LogP contribution in [0.5, 0.6) is 0 Å². The number of rotatable bonds is 4. The van der Waals surface area contributed by atoms with Crippen LogP contribution in [0.25, 0.3) is 0 Å². The molecule has 1 aromatic carbocycles. The van der Waals surface area contributed by atoms with Gasteiger partial charge in [0.1, 0.15) is 5.82 Å². The van der Waals surface area contributed by atoms with Gasteiger partial charge in [-0.1, -0.05) is 0 Å². The molecule has 3 atom stereocenters. The van der Waals surface area contributed by atoms with Crippen molar-refractivity contribution >= 4 is 11.9 Å². The molecular formula is C19H25F3N4O2. The molecule has 2 heterocycles. The van der Waals surface area contributed by atoms with E-state index in [2.05, 4.69) is 0 Å². The van der Waals surface area contributed by atoms with E-state index in [9.17, 15) is 22.8 Å². The molecular weight excluding hydrogens is 373 g/mol. The number of nitrogens with zero attached hydrogens (tertiary/aromatic N) is 3. The van der Waals surface area contributed by atoms with E-state index in [1.165, 1.54) is 4.90 Å². The predicted octanol–water partition coefficient (Wildman–Crippen LogP) is 1.58. The summed E-state index contributed by atoms with van der Waals surface area (Å²) < 4.78 is 40.2. The van der Waals surface area contributed by atoms with E-state index >= 15 is 0 Å². The van der Waals surface area contributed by atoms with Crippen molar-refractivity contribution in [3.63, 3.8) is 0 Å². The highest BCUT2D eigenvalue weighted by Gasteiger charge is 2.44. The Morgan fingerprint density at radius 2 is 1.86 bits per heavy atom. The zero-order valence-corrected chi connectivity index (χ0v) is 16.0. The number of halogens is 3. The third-order valence-corrected chi connectivity index (χ3v) is 5.53. The number of urea groups is 1. The molecule has 28 heavy (non-hydrogen) atoms. The lowest BCUT2D eigenvalue weighted by Crippen LogP contribution is -2.44. The number of fused-ring (bicyclic) bond motifs is 1. The van der Waals surface area contributed by atoms with Crippen LogP contribution < -0.4 is 5.73 Å². The summed E-state index contributed by atoms with van der Waals surface area (Å²) in [5.41, 5.74) is 5.93. The van der Waals surface area contributed by atoms with Crippen molar-refractivity contribution in [2.45, 2.75) is 31.3 Å². The lowest BCUT2D eigenvalue weighted by Gasteiger charge is -2.27. The van der Waals surface area contributed by atoms with E-state index < -0.39 is 23.5 Å². The summed E-state index contributed by atoms with van der Waals surface area (Å²) in [4.78, 5) is 29.9. The van der Waals surface area contributed by atoms with E-state index in [1.54, 1.807) is 23.9 Å². The Balaban J connectivity index is 1.59. The summed E-state index contributed by atoms with van der Waals surface area (Å²) in [6.07, 6.45) is 0.728. The fourth-order valence-electron chi connectivity index (χ4n) is 4.13. The Bertz CT molecular complexity index is 774. The second-order valence-corrected chi connectivity index (χ2v) is 7.81. The van der Waals surface area contributed by atoms with Crippen molar-refractivity contribution < 1.29 is 22.8 Å². The third-order valence-electron chi connectivity index (χ3n) is 5.53. The van der Waals surface area contributed by atoms with Crippen molar-refractivity contribution in [1.29, 1.82) is 0 Å². The van der Waals surface area contributed by atoms with Gasteiger partial charge in [-0.25, -0.2) is 18.0 Å². The van der Waals surface area contributed by atoms with Crippen molar-refractivity contribution in [2.24, 2.45) is 11.7 Å². The van der Waals surface area contributed by atoms with E-state index in [1.807, 2.05) is 0 Å². The smallest absolute Gasteiger partial charge is 0.319 e. The topological polar surface area (TPSA) is 69.9 Å². The molecule has 0 aromatic heterocycles. The highest BCUT2D eigenvalue weighted by molar-refractivity contribution is 5.78. The van der Waals surface area contributed by atoms with Crippen LogP contribution in [0.15, 0.2) is 12.1 Å². The molecule has 3 rings (SSSR count). The van der Waals surface area contributed by atoms with Crippen LogP contribution in [0.1, 0.15) is 18.4 Å². The number of carbonyl (C=O) groups is 2. The first kappa shape index (κ1) is 20.4. The van der Waals surface area contributed by atoms with Crippen LogP contribution in [0.2, 0.25) is 0 Å². The number of hydrogen-bond donors (Lipinski definition) is 1. The molecule has 0 saturated carbocycles. The van der Waals surface area contributed by atoms with Crippen LogP contribution in [0.3, 0.4) is 0 Å². The zero-order valence-electron chi connectivity index (χ0n) is 16.0. The van der Waals surface area contributed by atoms with Gasteiger partial charge in [0.2, 0.25) is 5.91 Å². The lowest BCUT2D eigenvalue weighted by atomic mass is 10.0. The molecule has 154 valence electrons. The highest BCUT2D eigenvalue weighted by Crippen LogP contribution is 2.32. The van der Waals surface area contributed by atoms with Gasteiger partial charge in [-0.05, 0) is 24.5 Å². The van der Waals surface area contributed by atoms with Gasteiger partial charge in [0.05, 0.1) is 6.04 Å². The van der Waals surface area contributed by atoms with Crippen LogP contribution in [0.4, 0.5) is 18.0 Å². The minimum Gasteiger partial charge on any atom is -0.338 e. The molecule has 2 saturated heterocycles. The summed E-state index contributed by atoms with van der Waals surface area (Å²) in [7, 11) is 3.38. The van der Waals surface area contributed by atoms with E-state index in [4.69, 9.17) is 5.73 Å². The van der Waals surface area contributed by atoms with Crippen molar-refractivity contribution in [3.8, 4) is 0 Å². The van der Waals surface area contributed by atoms with E-state index in [-0.39, 0.29) is 42.3 Å². The fraction of sp³-hybridized carbons (Fsp3) is 0.579. The Kier molecular flexibility index (Phi) is 5.83. The first-order chi connectivity index (χ1) is 13.2. The monoisotopic (exact) mass is 398 g/mol. The second kappa shape index (κ2) is 7.98. The van der Waals surface area contributed by atoms with Gasteiger partial charge in [0.25, 0.3) is 0 Å². The third kappa shape index (κ3) is 4.09. The molecule has 0 spiro atoms. The average molecular weight is 398 g/mol. The minimum absolute atomic E-state index is 0.0245. The molecule has 2 N–H and O–H groups in total. The number of likely N-dealkylation sites (tertiary alicyclic amines) is 2. The number of benzene rings is 1. The minimum atomic E-state index is -1.26. The largest absolute Gasteiger partial charge is 0.338 e. The maximum atomic E-state index is 13.8. The molecule has 0 aliphatic carbocycles. The SMILES string of the molecule is CN(C)C(=O)N1C[C@@H]2CCN(C(=O)C[C@H](N)Cc3cc(F)c(F)cc3F)[C@@H]2C1. The lowest BCUT2D eigenvalue weighted by molar-refractivity contribution is -0.132. The summed E-state index contributed by atoms with van der Waals surface area (Å²) in [6, 6.07) is 0.435. The molecule has 2 aliphatic rings. The number of carbonyl (C=O) groups excluding carboxylic acids is 2. The summed E-state index contributed by atoms with van der Waals surface area (Å²) in [5, 5.41) is 0. The first-order valence-corrected chi connectivity index (χ1v) is 9.32. The highest BCUT2D eigenvalue weighted by atomic mass is 19.2. The summed E-state index contributed by atoms with van der Waals surface area (Å²) in [6.45, 7) is 1.71. The number of amides is 3. The molecule has 0 bridgehead atoms. The van der Waals surface area contributed by atoms with Gasteiger partial charge in [-0.15, -0.1) is 0 Å². The van der Waals surface area contributed by atoms with Crippen molar-refractivity contribution in [2.75, 3.05) is 33.7 Å². The average Bonchev–Trinajstić information content (AvgIpc) is 3.19. The quantitative estimate of drug-likeness (QED) is 0.783. The van der Waals surface area contributed by atoms with Crippen LogP contribution in [0, 0.1) is 23.4 Å². The summed E-state index contributed by atoms with van der Waals surface area (Å²) in [5.74, 6) is -3.20. The van der Waals surface area contributed by atoms with Gasteiger partial charge >= 0.3 is 6.03 Å². The molecule has 3 amide bonds. The maximum Gasteiger partial charge on any atom is 0.319 e. The van der Waals surface area contributed by atoms with Gasteiger partial charge in [-0.3, -0.25) is 4.79 Å². The van der Waals surface area contributed by atoms with Gasteiger partial charge < -0.3 is 20.4 Å². The van der Waals surface area contributed by atoms with E-state index in [0.717, 1.165) is 12.5 Å². The fourth-order valence-corrected chi connectivity index (χ4v) is 4.13. The van der Waals surface area contributed by atoms with Gasteiger partial charge in [-0.2, -0.15) is 0 Å². The predicted molar refractivity (Wildman–Crippen MR) is 96.9 cm³/mol. The molecule has 2 fully saturated rings. The first-order valence-electron chi connectivity index (χ1n) is 9.32. The molecule has 2 aliphatic heterocycles. The van der Waals surface area contributed by atoms with Crippen LogP contribution >= 0.6 is 0 Å². The Hall–Kier alpha value is -2.29. The number of nitrogens with two attached hydrogens (primary N) is 1. The second-order valence-electron chi connectivity index (χ2n) is 7.81. The Morgan fingerprint density at radius 3 is 2.54 bits per heavy atom. The Labute approximate surface area is 162 Å². The zero-order chi connectivity index (χ0) is 20.6. The van der Waals surface area contributed by atoms with E-state index in [0.29, 0.717) is 25.7 Å². The standard InChI is InChI=1S/C19H25F3N4O2/c1-24(2)19(28)25-9-11-3-4-26(17(11)10-25)18(27)7-13(23)5-12-6-15(21)16(22)8-14(12)20/h6,8,11,13,17H,3-5,7,9-10,23H2,1-2H3/t11-,13+,17+/m0/s1. The van der Waals surface area contributed by atoms with Crippen LogP contribution in [-0.4, -0.2) is 72.5 Å². The van der Waals surface area contributed by atoms with Crippen molar-refractivity contribution in [1.82, 2.24) is 14.7 Å². The number of hydrogen-bond acceptors (Lipinski definition) is 3. The molecule has 0 radical (unpaired) electrons. The van der Waals surface area contributed by atoms with Crippen molar-refractivity contribution in [3.05, 3.63) is 35.1 Å². The molecule has 1 aromatic rings. The molecule has 9 heteroatoms. The molecule has 6 nitrogen and oxygen atoms in total. The normalized spacial score (nSPS) is 22.4. The van der Waals surface area contributed by atoms with Crippen LogP contribution in [-0.2, 0) is 11.2 Å². The molecule has 0 unspecified atom stereocenters. The van der Waals surface area contributed by atoms with Gasteiger partial charge in [0, 0.05) is 58.2 Å².